The van der Waals surface area contributed by atoms with Gasteiger partial charge in [-0.2, -0.15) is 0 Å². The second kappa shape index (κ2) is 6.54. The zero-order valence-corrected chi connectivity index (χ0v) is 14.2. The standard InChI is InChI=1S/C16H29N3O3/c1-15(2,3)19-10-12(9-13(19)20)18-14(21)16(11-22-4)5-7-17-8-6-16/h12,17H,5-11H2,1-4H3,(H,18,21). The minimum absolute atomic E-state index is 0.0319. The number of methoxy groups -OCH3 is 1. The summed E-state index contributed by atoms with van der Waals surface area (Å²) in [5, 5.41) is 6.38. The van der Waals surface area contributed by atoms with Gasteiger partial charge in [0.1, 0.15) is 0 Å². The summed E-state index contributed by atoms with van der Waals surface area (Å²) in [6.45, 7) is 8.75. The van der Waals surface area contributed by atoms with Crippen molar-refractivity contribution in [3.63, 3.8) is 0 Å². The molecule has 6 heteroatoms. The molecule has 2 saturated heterocycles. The molecule has 0 spiro atoms. The highest BCUT2D eigenvalue weighted by Crippen LogP contribution is 2.30. The number of hydrogen-bond donors (Lipinski definition) is 2. The molecule has 2 aliphatic heterocycles. The Morgan fingerprint density at radius 1 is 1.41 bits per heavy atom. The lowest BCUT2D eigenvalue weighted by molar-refractivity contribution is -0.136. The predicted octanol–water partition coefficient (Wildman–Crippen LogP) is 0.518. The Hall–Kier alpha value is -1.14. The Bertz CT molecular complexity index is 419. The van der Waals surface area contributed by atoms with Crippen molar-refractivity contribution < 1.29 is 14.3 Å². The monoisotopic (exact) mass is 311 g/mol. The molecule has 0 aromatic heterocycles. The van der Waals surface area contributed by atoms with Crippen LogP contribution in [0.3, 0.4) is 0 Å². The first-order valence-corrected chi connectivity index (χ1v) is 8.10. The molecule has 1 atom stereocenters. The minimum atomic E-state index is -0.460. The Morgan fingerprint density at radius 2 is 2.05 bits per heavy atom. The van der Waals surface area contributed by atoms with E-state index in [1.807, 2.05) is 25.7 Å². The van der Waals surface area contributed by atoms with Gasteiger partial charge in [-0.15, -0.1) is 0 Å². The molecule has 6 nitrogen and oxygen atoms in total. The molecule has 0 aromatic rings. The molecule has 2 heterocycles. The number of ether oxygens (including phenoxy) is 1. The van der Waals surface area contributed by atoms with Crippen molar-refractivity contribution >= 4 is 11.8 Å². The van der Waals surface area contributed by atoms with Crippen LogP contribution in [0.2, 0.25) is 0 Å². The van der Waals surface area contributed by atoms with Gasteiger partial charge in [-0.25, -0.2) is 0 Å². The Kier molecular flexibility index (Phi) is 5.12. The maximum atomic E-state index is 12.8. The number of rotatable bonds is 4. The van der Waals surface area contributed by atoms with E-state index >= 15 is 0 Å². The second-order valence-electron chi connectivity index (χ2n) is 7.51. The van der Waals surface area contributed by atoms with E-state index in [1.165, 1.54) is 0 Å². The number of hydrogen-bond acceptors (Lipinski definition) is 4. The molecular weight excluding hydrogens is 282 g/mol. The molecule has 2 amide bonds. The molecule has 2 fully saturated rings. The number of carbonyl (C=O) groups excluding carboxylic acids is 2. The second-order valence-corrected chi connectivity index (χ2v) is 7.51. The topological polar surface area (TPSA) is 70.7 Å². The van der Waals surface area contributed by atoms with Gasteiger partial charge in [0.05, 0.1) is 18.1 Å². The van der Waals surface area contributed by atoms with Crippen LogP contribution in [0.1, 0.15) is 40.0 Å². The summed E-state index contributed by atoms with van der Waals surface area (Å²) in [6.07, 6.45) is 1.94. The lowest BCUT2D eigenvalue weighted by Crippen LogP contribution is -2.53. The van der Waals surface area contributed by atoms with Gasteiger partial charge in [0.25, 0.3) is 0 Å². The van der Waals surface area contributed by atoms with E-state index < -0.39 is 5.41 Å². The summed E-state index contributed by atoms with van der Waals surface area (Å²) in [7, 11) is 1.64. The number of carbonyl (C=O) groups is 2. The fourth-order valence-electron chi connectivity index (χ4n) is 3.41. The van der Waals surface area contributed by atoms with Gasteiger partial charge in [0.15, 0.2) is 0 Å². The average molecular weight is 311 g/mol. The molecular formula is C16H29N3O3. The van der Waals surface area contributed by atoms with Crippen molar-refractivity contribution in [2.45, 2.75) is 51.6 Å². The highest BCUT2D eigenvalue weighted by atomic mass is 16.5. The van der Waals surface area contributed by atoms with Gasteiger partial charge < -0.3 is 20.3 Å². The van der Waals surface area contributed by atoms with E-state index in [-0.39, 0.29) is 23.4 Å². The third-order valence-electron chi connectivity index (χ3n) is 4.73. The smallest absolute Gasteiger partial charge is 0.228 e. The van der Waals surface area contributed by atoms with Gasteiger partial charge >= 0.3 is 0 Å². The van der Waals surface area contributed by atoms with Gasteiger partial charge in [-0.1, -0.05) is 0 Å². The third kappa shape index (κ3) is 3.60. The van der Waals surface area contributed by atoms with Crippen LogP contribution < -0.4 is 10.6 Å². The number of nitrogens with zero attached hydrogens (tertiary/aromatic N) is 1. The molecule has 0 radical (unpaired) electrons. The largest absolute Gasteiger partial charge is 0.384 e. The summed E-state index contributed by atoms with van der Waals surface area (Å²) >= 11 is 0. The summed E-state index contributed by atoms with van der Waals surface area (Å²) in [4.78, 5) is 26.8. The molecule has 2 N–H and O–H groups in total. The van der Waals surface area contributed by atoms with Gasteiger partial charge in [0.2, 0.25) is 11.8 Å². The van der Waals surface area contributed by atoms with Crippen LogP contribution in [0.4, 0.5) is 0 Å². The molecule has 0 aromatic carbocycles. The van der Waals surface area contributed by atoms with Crippen molar-refractivity contribution in [2.24, 2.45) is 5.41 Å². The van der Waals surface area contributed by atoms with Crippen LogP contribution in [0.25, 0.3) is 0 Å². The van der Waals surface area contributed by atoms with Crippen molar-refractivity contribution in [3.05, 3.63) is 0 Å². The zero-order chi connectivity index (χ0) is 16.4. The SMILES string of the molecule is COCC1(C(=O)NC2CC(=O)N(C(C)(C)C)C2)CCNCC1. The van der Waals surface area contributed by atoms with Crippen LogP contribution in [-0.2, 0) is 14.3 Å². The van der Waals surface area contributed by atoms with E-state index in [0.29, 0.717) is 19.6 Å². The lowest BCUT2D eigenvalue weighted by atomic mass is 9.78. The Morgan fingerprint density at radius 3 is 2.55 bits per heavy atom. The summed E-state index contributed by atoms with van der Waals surface area (Å²) < 4.78 is 5.30. The van der Waals surface area contributed by atoms with Crippen molar-refractivity contribution in [3.8, 4) is 0 Å². The average Bonchev–Trinajstić information content (AvgIpc) is 2.81. The molecule has 2 aliphatic rings. The first-order valence-electron chi connectivity index (χ1n) is 8.10. The Labute approximate surface area is 132 Å². The Balaban J connectivity index is 2.00. The molecule has 0 saturated carbocycles. The molecule has 0 aliphatic carbocycles. The van der Waals surface area contributed by atoms with Crippen LogP contribution >= 0.6 is 0 Å². The maximum Gasteiger partial charge on any atom is 0.228 e. The van der Waals surface area contributed by atoms with Crippen molar-refractivity contribution in [2.75, 3.05) is 33.4 Å². The molecule has 1 unspecified atom stereocenters. The maximum absolute atomic E-state index is 12.8. The highest BCUT2D eigenvalue weighted by molar-refractivity contribution is 5.86. The van der Waals surface area contributed by atoms with E-state index in [9.17, 15) is 9.59 Å². The van der Waals surface area contributed by atoms with E-state index in [1.54, 1.807) is 7.11 Å². The van der Waals surface area contributed by atoms with Gasteiger partial charge in [0, 0.05) is 25.6 Å². The number of piperidine rings is 1. The van der Waals surface area contributed by atoms with E-state index in [2.05, 4.69) is 10.6 Å². The highest BCUT2D eigenvalue weighted by Gasteiger charge is 2.43. The summed E-state index contributed by atoms with van der Waals surface area (Å²) in [5.41, 5.74) is -0.659. The first kappa shape index (κ1) is 17.2. The number of amides is 2. The fraction of sp³-hybridized carbons (Fsp3) is 0.875. The fourth-order valence-corrected chi connectivity index (χ4v) is 3.41. The van der Waals surface area contributed by atoms with E-state index in [0.717, 1.165) is 25.9 Å². The normalized spacial score (nSPS) is 25.4. The van der Waals surface area contributed by atoms with Crippen LogP contribution in [0.5, 0.6) is 0 Å². The first-order chi connectivity index (χ1) is 10.3. The van der Waals surface area contributed by atoms with Crippen LogP contribution in [0, 0.1) is 5.41 Å². The molecule has 22 heavy (non-hydrogen) atoms. The van der Waals surface area contributed by atoms with Crippen LogP contribution in [-0.4, -0.2) is 61.6 Å². The summed E-state index contributed by atoms with van der Waals surface area (Å²) in [6, 6.07) is -0.0946. The van der Waals surface area contributed by atoms with Crippen LogP contribution in [0.15, 0.2) is 0 Å². The third-order valence-corrected chi connectivity index (χ3v) is 4.73. The number of likely N-dealkylation sites (tertiary alicyclic amines) is 1. The summed E-state index contributed by atoms with van der Waals surface area (Å²) in [5.74, 6) is 0.147. The van der Waals surface area contributed by atoms with E-state index in [4.69, 9.17) is 4.74 Å². The molecule has 126 valence electrons. The molecule has 2 rings (SSSR count). The lowest BCUT2D eigenvalue weighted by Gasteiger charge is -2.36. The van der Waals surface area contributed by atoms with Crippen molar-refractivity contribution in [1.29, 1.82) is 0 Å². The minimum Gasteiger partial charge on any atom is -0.384 e. The molecule has 0 bridgehead atoms. The quantitative estimate of drug-likeness (QED) is 0.794. The van der Waals surface area contributed by atoms with Gasteiger partial charge in [-0.3, -0.25) is 9.59 Å². The van der Waals surface area contributed by atoms with Gasteiger partial charge in [-0.05, 0) is 46.7 Å². The zero-order valence-electron chi connectivity index (χ0n) is 14.2. The predicted molar refractivity (Wildman–Crippen MR) is 84.4 cm³/mol. The van der Waals surface area contributed by atoms with Crippen molar-refractivity contribution in [1.82, 2.24) is 15.5 Å². The number of nitrogens with one attached hydrogen (secondary N) is 2.